The number of benzene rings is 1. The molecule has 98 valence electrons. The molecule has 1 saturated carbocycles. The number of aliphatic carboxylic acids is 1. The predicted octanol–water partition coefficient (Wildman–Crippen LogP) is 2.06. The Hall–Kier alpha value is -1.36. The average molecular weight is 268 g/mol. The van der Waals surface area contributed by atoms with Gasteiger partial charge in [0, 0.05) is 0 Å². The SMILES string of the molecule is CCS(=O)(=O)c1ccc(C(C(=O)O)C2CC2)cc1. The molecule has 1 atom stereocenters. The molecule has 0 heterocycles. The highest BCUT2D eigenvalue weighted by Crippen LogP contribution is 2.42. The first-order valence-electron chi connectivity index (χ1n) is 6.01. The molecule has 0 amide bonds. The summed E-state index contributed by atoms with van der Waals surface area (Å²) < 4.78 is 23.3. The average Bonchev–Trinajstić information content (AvgIpc) is 3.14. The van der Waals surface area contributed by atoms with Crippen LogP contribution in [0.1, 0.15) is 31.2 Å². The zero-order valence-corrected chi connectivity index (χ0v) is 11.0. The summed E-state index contributed by atoms with van der Waals surface area (Å²) in [6, 6.07) is 6.26. The Morgan fingerprint density at radius 2 is 1.89 bits per heavy atom. The Morgan fingerprint density at radius 3 is 2.28 bits per heavy atom. The lowest BCUT2D eigenvalue weighted by molar-refractivity contribution is -0.139. The maximum Gasteiger partial charge on any atom is 0.311 e. The quantitative estimate of drug-likeness (QED) is 0.887. The lowest BCUT2D eigenvalue weighted by Crippen LogP contribution is -2.14. The third-order valence-corrected chi connectivity index (χ3v) is 5.09. The summed E-state index contributed by atoms with van der Waals surface area (Å²) in [5.41, 5.74) is 0.694. The highest BCUT2D eigenvalue weighted by atomic mass is 32.2. The molecule has 1 aliphatic rings. The van der Waals surface area contributed by atoms with Crippen molar-refractivity contribution >= 4 is 15.8 Å². The zero-order chi connectivity index (χ0) is 13.3. The molecular formula is C13H16O4S. The van der Waals surface area contributed by atoms with Crippen LogP contribution in [0, 0.1) is 5.92 Å². The van der Waals surface area contributed by atoms with Gasteiger partial charge in [-0.2, -0.15) is 0 Å². The van der Waals surface area contributed by atoms with E-state index in [1.165, 1.54) is 12.1 Å². The van der Waals surface area contributed by atoms with E-state index in [0.29, 0.717) is 5.56 Å². The van der Waals surface area contributed by atoms with Gasteiger partial charge in [0.25, 0.3) is 0 Å². The molecule has 1 fully saturated rings. The Kier molecular flexibility index (Phi) is 3.43. The molecule has 2 rings (SSSR count). The van der Waals surface area contributed by atoms with Crippen LogP contribution in [0.25, 0.3) is 0 Å². The Labute approximate surface area is 107 Å². The number of hydrogen-bond donors (Lipinski definition) is 1. The second-order valence-electron chi connectivity index (χ2n) is 4.63. The molecule has 0 bridgehead atoms. The molecule has 0 aliphatic heterocycles. The number of carbonyl (C=O) groups is 1. The Bertz CT molecular complexity index is 541. The van der Waals surface area contributed by atoms with Gasteiger partial charge in [-0.1, -0.05) is 19.1 Å². The first-order valence-corrected chi connectivity index (χ1v) is 7.66. The highest BCUT2D eigenvalue weighted by molar-refractivity contribution is 7.91. The minimum Gasteiger partial charge on any atom is -0.481 e. The van der Waals surface area contributed by atoms with Gasteiger partial charge >= 0.3 is 5.97 Å². The van der Waals surface area contributed by atoms with Crippen LogP contribution in [0.2, 0.25) is 0 Å². The minimum atomic E-state index is -3.21. The van der Waals surface area contributed by atoms with Gasteiger partial charge < -0.3 is 5.11 Å². The second-order valence-corrected chi connectivity index (χ2v) is 6.90. The lowest BCUT2D eigenvalue weighted by atomic mass is 9.94. The summed E-state index contributed by atoms with van der Waals surface area (Å²) in [6.07, 6.45) is 1.87. The van der Waals surface area contributed by atoms with Crippen molar-refractivity contribution in [3.63, 3.8) is 0 Å². The van der Waals surface area contributed by atoms with Gasteiger partial charge in [0.15, 0.2) is 9.84 Å². The summed E-state index contributed by atoms with van der Waals surface area (Å²) >= 11 is 0. The van der Waals surface area contributed by atoms with E-state index in [1.807, 2.05) is 0 Å². The third kappa shape index (κ3) is 2.56. The second kappa shape index (κ2) is 4.72. The van der Waals surface area contributed by atoms with E-state index in [4.69, 9.17) is 0 Å². The summed E-state index contributed by atoms with van der Waals surface area (Å²) in [5.74, 6) is -1.07. The lowest BCUT2D eigenvalue weighted by Gasteiger charge is -2.12. The van der Waals surface area contributed by atoms with Crippen LogP contribution in [0.3, 0.4) is 0 Å². The standard InChI is InChI=1S/C13H16O4S/c1-2-18(16,17)11-7-5-10(6-8-11)12(13(14)15)9-3-4-9/h5-9,12H,2-4H2,1H3,(H,14,15). The number of carboxylic acid groups (broad SMARTS) is 1. The van der Waals surface area contributed by atoms with Gasteiger partial charge in [0.2, 0.25) is 0 Å². The van der Waals surface area contributed by atoms with E-state index < -0.39 is 21.7 Å². The van der Waals surface area contributed by atoms with Gasteiger partial charge in [-0.3, -0.25) is 4.79 Å². The summed E-state index contributed by atoms with van der Waals surface area (Å²) in [6.45, 7) is 1.59. The molecule has 1 aliphatic carbocycles. The Morgan fingerprint density at radius 1 is 1.33 bits per heavy atom. The number of hydrogen-bond acceptors (Lipinski definition) is 3. The van der Waals surface area contributed by atoms with Gasteiger partial charge in [-0.25, -0.2) is 8.42 Å². The van der Waals surface area contributed by atoms with Crippen molar-refractivity contribution in [3.8, 4) is 0 Å². The van der Waals surface area contributed by atoms with Crippen molar-refractivity contribution in [1.29, 1.82) is 0 Å². The van der Waals surface area contributed by atoms with Crippen LogP contribution in [0.4, 0.5) is 0 Å². The molecule has 1 aromatic carbocycles. The normalized spacial score (nSPS) is 17.4. The first kappa shape index (κ1) is 13.1. The minimum absolute atomic E-state index is 0.0529. The fourth-order valence-corrected chi connectivity index (χ4v) is 2.98. The predicted molar refractivity (Wildman–Crippen MR) is 67.3 cm³/mol. The van der Waals surface area contributed by atoms with Crippen molar-refractivity contribution in [1.82, 2.24) is 0 Å². The number of sulfone groups is 1. The van der Waals surface area contributed by atoms with E-state index >= 15 is 0 Å². The van der Waals surface area contributed by atoms with E-state index in [-0.39, 0.29) is 16.6 Å². The maximum atomic E-state index is 11.6. The number of rotatable bonds is 5. The maximum absolute atomic E-state index is 11.6. The molecule has 1 unspecified atom stereocenters. The summed E-state index contributed by atoms with van der Waals surface area (Å²) in [4.78, 5) is 11.5. The van der Waals surface area contributed by atoms with E-state index in [9.17, 15) is 18.3 Å². The van der Waals surface area contributed by atoms with Crippen molar-refractivity contribution < 1.29 is 18.3 Å². The van der Waals surface area contributed by atoms with Crippen LogP contribution < -0.4 is 0 Å². The van der Waals surface area contributed by atoms with Gasteiger partial charge in [-0.05, 0) is 36.5 Å². The van der Waals surface area contributed by atoms with Crippen molar-refractivity contribution in [3.05, 3.63) is 29.8 Å². The third-order valence-electron chi connectivity index (χ3n) is 3.34. The smallest absolute Gasteiger partial charge is 0.311 e. The van der Waals surface area contributed by atoms with Crippen LogP contribution >= 0.6 is 0 Å². The number of carboxylic acids is 1. The summed E-state index contributed by atoms with van der Waals surface area (Å²) in [7, 11) is -3.21. The molecule has 1 aromatic rings. The van der Waals surface area contributed by atoms with Crippen molar-refractivity contribution in [2.45, 2.75) is 30.6 Å². The topological polar surface area (TPSA) is 71.4 Å². The molecule has 5 heteroatoms. The van der Waals surface area contributed by atoms with Crippen molar-refractivity contribution in [2.24, 2.45) is 5.92 Å². The van der Waals surface area contributed by atoms with Gasteiger partial charge in [0.1, 0.15) is 0 Å². The van der Waals surface area contributed by atoms with E-state index in [0.717, 1.165) is 12.8 Å². The molecule has 18 heavy (non-hydrogen) atoms. The summed E-state index contributed by atoms with van der Waals surface area (Å²) in [5, 5.41) is 9.19. The molecule has 0 spiro atoms. The zero-order valence-electron chi connectivity index (χ0n) is 10.2. The fraction of sp³-hybridized carbons (Fsp3) is 0.462. The van der Waals surface area contributed by atoms with Crippen molar-refractivity contribution in [2.75, 3.05) is 5.75 Å². The van der Waals surface area contributed by atoms with E-state index in [1.54, 1.807) is 19.1 Å². The largest absolute Gasteiger partial charge is 0.481 e. The molecule has 0 aromatic heterocycles. The first-order chi connectivity index (χ1) is 8.45. The molecule has 0 saturated heterocycles. The monoisotopic (exact) mass is 268 g/mol. The van der Waals surface area contributed by atoms with Crippen LogP contribution in [-0.2, 0) is 14.6 Å². The Balaban J connectivity index is 2.29. The molecular weight excluding hydrogens is 252 g/mol. The molecule has 1 N–H and O–H groups in total. The van der Waals surface area contributed by atoms with Gasteiger partial charge in [-0.15, -0.1) is 0 Å². The van der Waals surface area contributed by atoms with Gasteiger partial charge in [0.05, 0.1) is 16.6 Å². The highest BCUT2D eigenvalue weighted by Gasteiger charge is 2.37. The van der Waals surface area contributed by atoms with E-state index in [2.05, 4.69) is 0 Å². The van der Waals surface area contributed by atoms with Crippen LogP contribution in [0.15, 0.2) is 29.2 Å². The van der Waals surface area contributed by atoms with Crippen LogP contribution in [-0.4, -0.2) is 25.2 Å². The van der Waals surface area contributed by atoms with Crippen LogP contribution in [0.5, 0.6) is 0 Å². The molecule has 4 nitrogen and oxygen atoms in total. The fourth-order valence-electron chi connectivity index (χ4n) is 2.10. The molecule has 0 radical (unpaired) electrons.